The lowest BCUT2D eigenvalue weighted by Crippen LogP contribution is -2.45. The molecule has 0 amide bonds. The third kappa shape index (κ3) is 4.45. The molecule has 0 aliphatic carbocycles. The topological polar surface area (TPSA) is 15.7 Å². The van der Waals surface area contributed by atoms with Crippen LogP contribution in [0, 0.1) is 6.92 Å². The van der Waals surface area contributed by atoms with Gasteiger partial charge in [-0.15, -0.1) is 0 Å². The summed E-state index contributed by atoms with van der Waals surface area (Å²) < 4.78 is 5.80. The van der Waals surface area contributed by atoms with Gasteiger partial charge in [-0.1, -0.05) is 38.0 Å². The van der Waals surface area contributed by atoms with Crippen LogP contribution in [0.3, 0.4) is 0 Å². The highest BCUT2D eigenvalue weighted by molar-refractivity contribution is 5.26. The summed E-state index contributed by atoms with van der Waals surface area (Å²) in [5.74, 6) is 0.988. The molecule has 2 atom stereocenters. The average molecular weight is 290 g/mol. The van der Waals surface area contributed by atoms with E-state index in [4.69, 9.17) is 4.74 Å². The first-order chi connectivity index (χ1) is 10.1. The summed E-state index contributed by atoms with van der Waals surface area (Å²) in [5, 5.41) is 0. The molecule has 2 aliphatic heterocycles. The van der Waals surface area contributed by atoms with Crippen molar-refractivity contribution in [3.8, 4) is 5.75 Å². The molecule has 3 rings (SSSR count). The van der Waals surface area contributed by atoms with Crippen LogP contribution in [0.1, 0.15) is 32.3 Å². The average Bonchev–Trinajstić information content (AvgIpc) is 3.01. The van der Waals surface area contributed by atoms with Gasteiger partial charge in [0.05, 0.1) is 0 Å². The predicted octanol–water partition coefficient (Wildman–Crippen LogP) is 3.18. The largest absolute Gasteiger partial charge is 0.492 e. The highest BCUT2D eigenvalue weighted by atomic mass is 16.5. The van der Waals surface area contributed by atoms with Gasteiger partial charge in [0, 0.05) is 31.7 Å². The molecule has 2 bridgehead atoms. The number of fused-ring (bicyclic) bond motifs is 2. The minimum absolute atomic E-state index is 0.765. The molecule has 0 spiro atoms. The summed E-state index contributed by atoms with van der Waals surface area (Å²) in [6.07, 6.45) is 2.60. The molecule has 2 fully saturated rings. The van der Waals surface area contributed by atoms with E-state index in [0.29, 0.717) is 0 Å². The van der Waals surface area contributed by atoms with Crippen LogP contribution >= 0.6 is 0 Å². The molecule has 2 unspecified atom stereocenters. The zero-order valence-corrected chi connectivity index (χ0v) is 14.0. The molecule has 2 aliphatic rings. The number of likely N-dealkylation sites (N-methyl/N-ethyl adjacent to an activating group) is 1. The van der Waals surface area contributed by atoms with Crippen molar-refractivity contribution < 1.29 is 4.74 Å². The van der Waals surface area contributed by atoms with Gasteiger partial charge >= 0.3 is 0 Å². The number of aryl methyl sites for hydroxylation is 1. The van der Waals surface area contributed by atoms with Crippen molar-refractivity contribution >= 4 is 0 Å². The van der Waals surface area contributed by atoms with Gasteiger partial charge in [-0.2, -0.15) is 0 Å². The zero-order valence-electron chi connectivity index (χ0n) is 14.0. The number of hydrogen-bond donors (Lipinski definition) is 0. The molecule has 118 valence electrons. The zero-order chi connectivity index (χ0) is 15.2. The van der Waals surface area contributed by atoms with E-state index in [2.05, 4.69) is 61.9 Å². The molecular weight excluding hydrogens is 260 g/mol. The first kappa shape index (κ1) is 16.3. The van der Waals surface area contributed by atoms with E-state index in [1.165, 1.54) is 31.5 Å². The Morgan fingerprint density at radius 3 is 2.29 bits per heavy atom. The van der Waals surface area contributed by atoms with Crippen molar-refractivity contribution in [2.75, 3.05) is 33.3 Å². The lowest BCUT2D eigenvalue weighted by molar-refractivity contribution is 0.129. The third-order valence-corrected chi connectivity index (χ3v) is 4.30. The molecule has 3 nitrogen and oxygen atoms in total. The van der Waals surface area contributed by atoms with E-state index >= 15 is 0 Å². The number of benzene rings is 1. The van der Waals surface area contributed by atoms with Crippen LogP contribution in [0.4, 0.5) is 0 Å². The van der Waals surface area contributed by atoms with Crippen LogP contribution < -0.4 is 4.74 Å². The lowest BCUT2D eigenvalue weighted by atomic mass is 10.2. The van der Waals surface area contributed by atoms with Gasteiger partial charge < -0.3 is 9.64 Å². The minimum Gasteiger partial charge on any atom is -0.492 e. The first-order valence-electron chi connectivity index (χ1n) is 8.27. The molecule has 2 saturated heterocycles. The summed E-state index contributed by atoms with van der Waals surface area (Å²) in [6, 6.07) is 9.86. The number of ether oxygens (including phenoxy) is 1. The minimum atomic E-state index is 0.765. The van der Waals surface area contributed by atoms with Gasteiger partial charge in [0.25, 0.3) is 0 Å². The van der Waals surface area contributed by atoms with Crippen molar-refractivity contribution in [1.29, 1.82) is 0 Å². The van der Waals surface area contributed by atoms with Crippen molar-refractivity contribution in [2.24, 2.45) is 0 Å². The summed E-state index contributed by atoms with van der Waals surface area (Å²) in [5.41, 5.74) is 1.28. The smallest absolute Gasteiger partial charge is 0.119 e. The Hall–Kier alpha value is -1.06. The van der Waals surface area contributed by atoms with E-state index in [0.717, 1.165) is 31.0 Å². The number of piperazine rings is 1. The van der Waals surface area contributed by atoms with Crippen LogP contribution in [0.5, 0.6) is 5.75 Å². The molecule has 21 heavy (non-hydrogen) atoms. The number of hydrogen-bond acceptors (Lipinski definition) is 3. The van der Waals surface area contributed by atoms with Gasteiger partial charge in [0.1, 0.15) is 12.4 Å². The van der Waals surface area contributed by atoms with Gasteiger partial charge in [-0.25, -0.2) is 0 Å². The maximum absolute atomic E-state index is 5.80. The second kappa shape index (κ2) is 7.81. The second-order valence-electron chi connectivity index (χ2n) is 6.35. The number of likely N-dealkylation sites (tertiary alicyclic amines) is 2. The molecule has 1 aromatic carbocycles. The molecule has 0 N–H and O–H groups in total. The molecule has 0 radical (unpaired) electrons. The van der Waals surface area contributed by atoms with Crippen LogP contribution in [0.15, 0.2) is 24.3 Å². The summed E-state index contributed by atoms with van der Waals surface area (Å²) in [7, 11) is 2.24. The Morgan fingerprint density at radius 1 is 1.10 bits per heavy atom. The van der Waals surface area contributed by atoms with E-state index in [1.54, 1.807) is 0 Å². The van der Waals surface area contributed by atoms with Crippen LogP contribution in [0.25, 0.3) is 0 Å². The number of nitrogens with zero attached hydrogens (tertiary/aromatic N) is 2. The molecule has 2 heterocycles. The Labute approximate surface area is 129 Å². The highest BCUT2D eigenvalue weighted by Gasteiger charge is 2.40. The van der Waals surface area contributed by atoms with Crippen LogP contribution in [-0.2, 0) is 0 Å². The summed E-state index contributed by atoms with van der Waals surface area (Å²) in [4.78, 5) is 5.07. The van der Waals surface area contributed by atoms with Crippen molar-refractivity contribution in [3.05, 3.63) is 29.8 Å². The Morgan fingerprint density at radius 2 is 1.76 bits per heavy atom. The SMILES string of the molecule is CCC.Cc1ccc(OCCN2CC3CC2CN3C)cc1. The fraction of sp³-hybridized carbons (Fsp3) is 0.667. The fourth-order valence-corrected chi connectivity index (χ4v) is 3.14. The summed E-state index contributed by atoms with van der Waals surface area (Å²) in [6.45, 7) is 10.7. The van der Waals surface area contributed by atoms with Crippen molar-refractivity contribution in [2.45, 2.75) is 45.7 Å². The Bertz CT molecular complexity index is 416. The van der Waals surface area contributed by atoms with Gasteiger partial charge in [0.15, 0.2) is 0 Å². The van der Waals surface area contributed by atoms with E-state index in [1.807, 2.05) is 0 Å². The third-order valence-electron chi connectivity index (χ3n) is 4.30. The van der Waals surface area contributed by atoms with Crippen molar-refractivity contribution in [3.63, 3.8) is 0 Å². The molecule has 0 saturated carbocycles. The van der Waals surface area contributed by atoms with E-state index in [9.17, 15) is 0 Å². The van der Waals surface area contributed by atoms with Gasteiger partial charge in [-0.3, -0.25) is 4.90 Å². The normalized spacial score (nSPS) is 24.8. The van der Waals surface area contributed by atoms with E-state index in [-0.39, 0.29) is 0 Å². The quantitative estimate of drug-likeness (QED) is 0.847. The maximum atomic E-state index is 5.80. The standard InChI is InChI=1S/C15H22N2O.C3H8/c1-12-3-5-15(6-4-12)18-8-7-17-11-13-9-14(17)10-16(13)2;1-3-2/h3-6,13-14H,7-11H2,1-2H3;3H2,1-2H3. The first-order valence-corrected chi connectivity index (χ1v) is 8.27. The van der Waals surface area contributed by atoms with Crippen LogP contribution in [0.2, 0.25) is 0 Å². The van der Waals surface area contributed by atoms with E-state index < -0.39 is 0 Å². The molecule has 3 heteroatoms. The van der Waals surface area contributed by atoms with Crippen LogP contribution in [-0.4, -0.2) is 55.2 Å². The highest BCUT2D eigenvalue weighted by Crippen LogP contribution is 2.28. The second-order valence-corrected chi connectivity index (χ2v) is 6.35. The maximum Gasteiger partial charge on any atom is 0.119 e. The molecular formula is C18H30N2O. The Balaban J connectivity index is 0.000000497. The number of rotatable bonds is 4. The molecule has 1 aromatic rings. The monoisotopic (exact) mass is 290 g/mol. The Kier molecular flexibility index (Phi) is 6.07. The van der Waals surface area contributed by atoms with Gasteiger partial charge in [-0.05, 0) is 32.5 Å². The predicted molar refractivity (Wildman–Crippen MR) is 89.0 cm³/mol. The lowest BCUT2D eigenvalue weighted by Gasteiger charge is -2.31. The van der Waals surface area contributed by atoms with Crippen molar-refractivity contribution in [1.82, 2.24) is 9.80 Å². The fourth-order valence-electron chi connectivity index (χ4n) is 3.14. The molecule has 0 aromatic heterocycles. The summed E-state index contributed by atoms with van der Waals surface area (Å²) >= 11 is 0. The van der Waals surface area contributed by atoms with Gasteiger partial charge in [0.2, 0.25) is 0 Å².